The van der Waals surface area contributed by atoms with Crippen LogP contribution in [0, 0.1) is 0 Å². The number of anilines is 2. The van der Waals surface area contributed by atoms with E-state index in [0.29, 0.717) is 17.5 Å². The van der Waals surface area contributed by atoms with Crippen molar-refractivity contribution in [2.24, 2.45) is 0 Å². The lowest BCUT2D eigenvalue weighted by molar-refractivity contribution is 0.295. The lowest BCUT2D eigenvalue weighted by Gasteiger charge is -2.20. The summed E-state index contributed by atoms with van der Waals surface area (Å²) in [6.07, 6.45) is 2.27. The summed E-state index contributed by atoms with van der Waals surface area (Å²) in [7, 11) is 0. The van der Waals surface area contributed by atoms with Gasteiger partial charge in [-0.1, -0.05) is 44.2 Å². The first-order valence-electron chi connectivity index (χ1n) is 10.2. The summed E-state index contributed by atoms with van der Waals surface area (Å²) in [6, 6.07) is 16.7. The topological polar surface area (TPSA) is 67.1 Å². The van der Waals surface area contributed by atoms with Gasteiger partial charge in [-0.25, -0.2) is 9.97 Å². The van der Waals surface area contributed by atoms with Crippen molar-refractivity contribution in [3.63, 3.8) is 0 Å². The van der Waals surface area contributed by atoms with Gasteiger partial charge in [-0.05, 0) is 68.7 Å². The maximum atomic E-state index is 5.91. The smallest absolute Gasteiger partial charge is 0.164 e. The van der Waals surface area contributed by atoms with Crippen LogP contribution in [-0.2, 0) is 0 Å². The maximum Gasteiger partial charge on any atom is 0.164 e. The molecule has 0 aliphatic rings. The van der Waals surface area contributed by atoms with Crippen molar-refractivity contribution in [2.75, 3.05) is 30.7 Å². The molecule has 3 aromatic rings. The molecular weight excluding hydrogens is 346 g/mol. The quantitative estimate of drug-likeness (QED) is 0.560. The molecule has 5 heteroatoms. The molecule has 3 rings (SSSR count). The molecule has 2 aromatic heterocycles. The second kappa shape index (κ2) is 9.51. The number of benzene rings is 1. The van der Waals surface area contributed by atoms with Crippen molar-refractivity contribution in [1.82, 2.24) is 14.9 Å². The fourth-order valence-electron chi connectivity index (χ4n) is 3.54. The molecule has 0 saturated heterocycles. The number of nitrogens with zero attached hydrogens (tertiary/aromatic N) is 3. The molecule has 28 heavy (non-hydrogen) atoms. The molecule has 2 heterocycles. The molecule has 0 spiro atoms. The minimum absolute atomic E-state index is 0.338. The monoisotopic (exact) mass is 377 g/mol. The molecule has 0 fully saturated rings. The van der Waals surface area contributed by atoms with E-state index in [2.05, 4.69) is 66.3 Å². The highest BCUT2D eigenvalue weighted by atomic mass is 15.1. The van der Waals surface area contributed by atoms with E-state index in [1.54, 1.807) is 0 Å². The molecule has 1 unspecified atom stereocenters. The maximum absolute atomic E-state index is 5.91. The number of nitrogen functional groups attached to an aromatic ring is 1. The standard InChI is InChI=1S/C23H31N5/c1-4-28(5-2)15-9-10-17(3)25-22-16-20(18-11-7-6-8-12-18)19-13-14-21(24)26-23(19)27-22/h6-8,11-14,16-17H,4-5,9-10,15H2,1-3H3,(H3,24,25,26,27). The number of fused-ring (bicyclic) bond motifs is 1. The highest BCUT2D eigenvalue weighted by Gasteiger charge is 2.11. The predicted octanol–water partition coefficient (Wildman–Crippen LogP) is 4.80. The Morgan fingerprint density at radius 2 is 1.79 bits per heavy atom. The molecule has 5 nitrogen and oxygen atoms in total. The fourth-order valence-corrected chi connectivity index (χ4v) is 3.54. The number of nitrogens with one attached hydrogen (secondary N) is 1. The van der Waals surface area contributed by atoms with Crippen molar-refractivity contribution in [2.45, 2.75) is 39.7 Å². The van der Waals surface area contributed by atoms with Crippen LogP contribution in [0.2, 0.25) is 0 Å². The van der Waals surface area contributed by atoms with E-state index in [1.807, 2.05) is 18.2 Å². The summed E-state index contributed by atoms with van der Waals surface area (Å²) in [6.45, 7) is 10.00. The largest absolute Gasteiger partial charge is 0.384 e. The third-order valence-electron chi connectivity index (χ3n) is 5.18. The van der Waals surface area contributed by atoms with Crippen molar-refractivity contribution in [3.8, 4) is 11.1 Å². The second-order valence-electron chi connectivity index (χ2n) is 7.24. The SMILES string of the molecule is CCN(CC)CCCC(C)Nc1cc(-c2ccccc2)c2ccc(N)nc2n1. The van der Waals surface area contributed by atoms with E-state index < -0.39 is 0 Å². The van der Waals surface area contributed by atoms with Crippen molar-refractivity contribution in [1.29, 1.82) is 0 Å². The Morgan fingerprint density at radius 1 is 1.04 bits per heavy atom. The van der Waals surface area contributed by atoms with E-state index in [0.717, 1.165) is 48.4 Å². The van der Waals surface area contributed by atoms with Crippen LogP contribution in [0.4, 0.5) is 11.6 Å². The average Bonchev–Trinajstić information content (AvgIpc) is 2.71. The zero-order chi connectivity index (χ0) is 19.9. The molecule has 0 radical (unpaired) electrons. The van der Waals surface area contributed by atoms with Crippen LogP contribution in [-0.4, -0.2) is 40.5 Å². The molecule has 3 N–H and O–H groups in total. The van der Waals surface area contributed by atoms with Crippen LogP contribution in [0.3, 0.4) is 0 Å². The molecule has 1 aromatic carbocycles. The van der Waals surface area contributed by atoms with Crippen molar-refractivity contribution in [3.05, 3.63) is 48.5 Å². The Bertz CT molecular complexity index is 890. The van der Waals surface area contributed by atoms with Crippen molar-refractivity contribution < 1.29 is 0 Å². The summed E-state index contributed by atoms with van der Waals surface area (Å²) >= 11 is 0. The van der Waals surface area contributed by atoms with E-state index in [4.69, 9.17) is 10.7 Å². The Kier molecular flexibility index (Phi) is 6.82. The van der Waals surface area contributed by atoms with Gasteiger partial charge in [0.25, 0.3) is 0 Å². The molecule has 0 amide bonds. The van der Waals surface area contributed by atoms with Gasteiger partial charge in [0.05, 0.1) is 0 Å². The van der Waals surface area contributed by atoms with Crippen LogP contribution < -0.4 is 11.1 Å². The Balaban J connectivity index is 1.81. The highest BCUT2D eigenvalue weighted by Crippen LogP contribution is 2.30. The summed E-state index contributed by atoms with van der Waals surface area (Å²) in [4.78, 5) is 11.6. The van der Waals surface area contributed by atoms with Gasteiger partial charge in [0.15, 0.2) is 5.65 Å². The van der Waals surface area contributed by atoms with Gasteiger partial charge >= 0.3 is 0 Å². The molecular formula is C23H31N5. The van der Waals surface area contributed by atoms with Gasteiger partial charge in [-0.2, -0.15) is 0 Å². The van der Waals surface area contributed by atoms with Crippen LogP contribution in [0.1, 0.15) is 33.6 Å². The average molecular weight is 378 g/mol. The lowest BCUT2D eigenvalue weighted by atomic mass is 10.0. The van der Waals surface area contributed by atoms with Gasteiger partial charge in [0.1, 0.15) is 11.6 Å². The van der Waals surface area contributed by atoms with Crippen LogP contribution in [0.25, 0.3) is 22.2 Å². The zero-order valence-electron chi connectivity index (χ0n) is 17.2. The summed E-state index contributed by atoms with van der Waals surface area (Å²) in [5, 5.41) is 4.58. The predicted molar refractivity (Wildman–Crippen MR) is 119 cm³/mol. The van der Waals surface area contributed by atoms with Crippen molar-refractivity contribution >= 4 is 22.7 Å². The minimum atomic E-state index is 0.338. The number of nitrogens with two attached hydrogens (primary N) is 1. The first kappa shape index (κ1) is 20.1. The summed E-state index contributed by atoms with van der Waals surface area (Å²) in [5.41, 5.74) is 8.86. The first-order valence-corrected chi connectivity index (χ1v) is 10.2. The van der Waals surface area contributed by atoms with E-state index in [9.17, 15) is 0 Å². The lowest BCUT2D eigenvalue weighted by Crippen LogP contribution is -2.25. The van der Waals surface area contributed by atoms with Gasteiger partial charge in [0.2, 0.25) is 0 Å². The molecule has 0 bridgehead atoms. The number of aromatic nitrogens is 2. The first-order chi connectivity index (χ1) is 13.6. The summed E-state index contributed by atoms with van der Waals surface area (Å²) in [5.74, 6) is 1.34. The zero-order valence-corrected chi connectivity index (χ0v) is 17.2. The van der Waals surface area contributed by atoms with Gasteiger partial charge < -0.3 is 16.0 Å². The number of hydrogen-bond acceptors (Lipinski definition) is 5. The van der Waals surface area contributed by atoms with E-state index in [1.165, 1.54) is 6.42 Å². The van der Waals surface area contributed by atoms with Crippen LogP contribution >= 0.6 is 0 Å². The van der Waals surface area contributed by atoms with Gasteiger partial charge in [-0.3, -0.25) is 0 Å². The normalized spacial score (nSPS) is 12.4. The highest BCUT2D eigenvalue weighted by molar-refractivity contribution is 5.94. The van der Waals surface area contributed by atoms with E-state index in [-0.39, 0.29) is 0 Å². The molecule has 148 valence electrons. The Hall–Kier alpha value is -2.66. The molecule has 0 aliphatic heterocycles. The minimum Gasteiger partial charge on any atom is -0.384 e. The summed E-state index contributed by atoms with van der Waals surface area (Å²) < 4.78 is 0. The van der Waals surface area contributed by atoms with Crippen LogP contribution in [0.5, 0.6) is 0 Å². The van der Waals surface area contributed by atoms with Gasteiger partial charge in [-0.15, -0.1) is 0 Å². The fraction of sp³-hybridized carbons (Fsp3) is 0.391. The third kappa shape index (κ3) is 4.98. The number of hydrogen-bond donors (Lipinski definition) is 2. The Labute approximate surface area is 168 Å². The Morgan fingerprint density at radius 3 is 2.50 bits per heavy atom. The second-order valence-corrected chi connectivity index (χ2v) is 7.24. The number of rotatable bonds is 9. The number of pyridine rings is 2. The molecule has 0 saturated carbocycles. The molecule has 1 atom stereocenters. The molecule has 0 aliphatic carbocycles. The van der Waals surface area contributed by atoms with Crippen LogP contribution in [0.15, 0.2) is 48.5 Å². The van der Waals surface area contributed by atoms with E-state index >= 15 is 0 Å². The third-order valence-corrected chi connectivity index (χ3v) is 5.18. The van der Waals surface area contributed by atoms with Gasteiger partial charge in [0, 0.05) is 11.4 Å².